The van der Waals surface area contributed by atoms with E-state index >= 15 is 0 Å². The molecule has 0 aliphatic carbocycles. The number of hydrogen-bond acceptors (Lipinski definition) is 4. The lowest BCUT2D eigenvalue weighted by atomic mass is 10.1. The van der Waals surface area contributed by atoms with Crippen LogP contribution in [0.25, 0.3) is 0 Å². The first-order valence-corrected chi connectivity index (χ1v) is 10.5. The second-order valence-corrected chi connectivity index (χ2v) is 7.76. The fourth-order valence-corrected chi connectivity index (χ4v) is 4.02. The van der Waals surface area contributed by atoms with Crippen molar-refractivity contribution in [3.8, 4) is 11.8 Å². The monoisotopic (exact) mass is 407 g/mol. The average Bonchev–Trinajstić information content (AvgIpc) is 2.77. The molecule has 0 spiro atoms. The van der Waals surface area contributed by atoms with Gasteiger partial charge < -0.3 is 19.4 Å². The van der Waals surface area contributed by atoms with Gasteiger partial charge in [-0.3, -0.25) is 4.79 Å². The quantitative estimate of drug-likeness (QED) is 0.762. The summed E-state index contributed by atoms with van der Waals surface area (Å²) < 4.78 is 5.44. The molecule has 1 aliphatic heterocycles. The van der Waals surface area contributed by atoms with Gasteiger partial charge in [0.15, 0.2) is 6.54 Å². The normalized spacial score (nSPS) is 14.3. The third kappa shape index (κ3) is 4.92. The molecule has 2 aromatic rings. The SMILES string of the molecule is COc1ccccc1N(CCC#N)C(=O)C[NH+]1CCN(c2cccc(C)c2C)CC1. The highest BCUT2D eigenvalue weighted by Crippen LogP contribution is 2.28. The molecule has 30 heavy (non-hydrogen) atoms. The van der Waals surface area contributed by atoms with Gasteiger partial charge in [0, 0.05) is 12.2 Å². The molecule has 3 rings (SSSR count). The summed E-state index contributed by atoms with van der Waals surface area (Å²) in [6.07, 6.45) is 0.291. The van der Waals surface area contributed by atoms with Crippen LogP contribution in [-0.2, 0) is 4.79 Å². The highest BCUT2D eigenvalue weighted by Gasteiger charge is 2.27. The molecule has 1 N–H and O–H groups in total. The summed E-state index contributed by atoms with van der Waals surface area (Å²) in [6.45, 7) is 8.80. The number of nitrogens with zero attached hydrogens (tertiary/aromatic N) is 3. The van der Waals surface area contributed by atoms with E-state index in [9.17, 15) is 4.79 Å². The number of carbonyl (C=O) groups is 1. The molecule has 6 heteroatoms. The number of anilines is 2. The number of rotatable bonds is 7. The molecule has 1 fully saturated rings. The molecular weight excluding hydrogens is 376 g/mol. The van der Waals surface area contributed by atoms with Crippen LogP contribution in [-0.4, -0.2) is 52.3 Å². The number of aryl methyl sites for hydroxylation is 1. The Morgan fingerprint density at radius 1 is 1.17 bits per heavy atom. The maximum absolute atomic E-state index is 13.2. The van der Waals surface area contributed by atoms with Crippen LogP contribution < -0.4 is 19.4 Å². The van der Waals surface area contributed by atoms with E-state index in [1.54, 1.807) is 12.0 Å². The fourth-order valence-electron chi connectivity index (χ4n) is 4.02. The van der Waals surface area contributed by atoms with Crippen molar-refractivity contribution in [2.45, 2.75) is 20.3 Å². The molecule has 0 bridgehead atoms. The van der Waals surface area contributed by atoms with Crippen molar-refractivity contribution >= 4 is 17.3 Å². The van der Waals surface area contributed by atoms with Crippen LogP contribution in [0.3, 0.4) is 0 Å². The molecule has 0 aromatic heterocycles. The van der Waals surface area contributed by atoms with Gasteiger partial charge in [0.2, 0.25) is 0 Å². The van der Waals surface area contributed by atoms with E-state index in [4.69, 9.17) is 10.00 Å². The number of hydrogen-bond donors (Lipinski definition) is 1. The number of piperazine rings is 1. The first-order chi connectivity index (χ1) is 14.5. The smallest absolute Gasteiger partial charge is 0.282 e. The Hall–Kier alpha value is -3.04. The Bertz CT molecular complexity index is 914. The van der Waals surface area contributed by atoms with Crippen molar-refractivity contribution in [3.05, 3.63) is 53.6 Å². The molecule has 0 radical (unpaired) electrons. The topological polar surface area (TPSA) is 61.0 Å². The van der Waals surface area contributed by atoms with E-state index < -0.39 is 0 Å². The zero-order chi connectivity index (χ0) is 21.5. The predicted molar refractivity (Wildman–Crippen MR) is 119 cm³/mol. The molecule has 6 nitrogen and oxygen atoms in total. The van der Waals surface area contributed by atoms with Gasteiger partial charge in [-0.15, -0.1) is 0 Å². The summed E-state index contributed by atoms with van der Waals surface area (Å²) in [5.41, 5.74) is 4.66. The molecule has 0 atom stereocenters. The van der Waals surface area contributed by atoms with Gasteiger partial charge in [0.05, 0.1) is 51.5 Å². The zero-order valence-corrected chi connectivity index (χ0v) is 18.1. The number of para-hydroxylation sites is 2. The summed E-state index contributed by atoms with van der Waals surface area (Å²) >= 11 is 0. The maximum atomic E-state index is 13.2. The van der Waals surface area contributed by atoms with Crippen molar-refractivity contribution in [1.82, 2.24) is 0 Å². The van der Waals surface area contributed by atoms with Gasteiger partial charge in [-0.05, 0) is 43.2 Å². The van der Waals surface area contributed by atoms with Gasteiger partial charge in [-0.25, -0.2) is 0 Å². The standard InChI is InChI=1S/C24H30N4O2/c1-19-8-6-10-21(20(19)2)27-16-14-26(15-17-27)18-24(29)28(13-7-12-25)22-9-4-5-11-23(22)30-3/h4-6,8-11H,7,13-18H2,1-3H3/p+1. The molecule has 0 saturated carbocycles. The first-order valence-electron chi connectivity index (χ1n) is 10.5. The van der Waals surface area contributed by atoms with Crippen LogP contribution in [0.5, 0.6) is 5.75 Å². The van der Waals surface area contributed by atoms with Crippen LogP contribution >= 0.6 is 0 Å². The summed E-state index contributed by atoms with van der Waals surface area (Å²) in [4.78, 5) is 18.6. The number of amides is 1. The van der Waals surface area contributed by atoms with E-state index in [0.717, 1.165) is 31.9 Å². The number of nitriles is 1. The Morgan fingerprint density at radius 3 is 2.60 bits per heavy atom. The summed E-state index contributed by atoms with van der Waals surface area (Å²) in [7, 11) is 1.60. The summed E-state index contributed by atoms with van der Waals surface area (Å²) in [5, 5.41) is 9.04. The van der Waals surface area contributed by atoms with Crippen LogP contribution in [0.15, 0.2) is 42.5 Å². The predicted octanol–water partition coefficient (Wildman–Crippen LogP) is 1.96. The van der Waals surface area contributed by atoms with Crippen molar-refractivity contribution < 1.29 is 14.4 Å². The summed E-state index contributed by atoms with van der Waals surface area (Å²) in [5.74, 6) is 0.684. The van der Waals surface area contributed by atoms with E-state index in [2.05, 4.69) is 43.0 Å². The fraction of sp³-hybridized carbons (Fsp3) is 0.417. The minimum Gasteiger partial charge on any atom is -0.495 e. The van der Waals surface area contributed by atoms with Crippen molar-refractivity contribution in [1.29, 1.82) is 5.26 Å². The molecule has 1 saturated heterocycles. The Balaban J connectivity index is 1.65. The molecule has 1 aliphatic rings. The highest BCUT2D eigenvalue weighted by molar-refractivity contribution is 5.95. The first kappa shape index (κ1) is 21.7. The maximum Gasteiger partial charge on any atom is 0.282 e. The van der Waals surface area contributed by atoms with Crippen molar-refractivity contribution in [3.63, 3.8) is 0 Å². The largest absolute Gasteiger partial charge is 0.495 e. The number of benzene rings is 2. The lowest BCUT2D eigenvalue weighted by molar-refractivity contribution is -0.892. The molecule has 0 unspecified atom stereocenters. The van der Waals surface area contributed by atoms with E-state index in [1.807, 2.05) is 24.3 Å². The molecule has 158 valence electrons. The van der Waals surface area contributed by atoms with Crippen molar-refractivity contribution in [2.75, 3.05) is 56.2 Å². The molecule has 1 heterocycles. The number of methoxy groups -OCH3 is 1. The zero-order valence-electron chi connectivity index (χ0n) is 18.1. The van der Waals surface area contributed by atoms with Crippen molar-refractivity contribution in [2.24, 2.45) is 0 Å². The van der Waals surface area contributed by atoms with Crippen LogP contribution in [0, 0.1) is 25.2 Å². The third-order valence-electron chi connectivity index (χ3n) is 5.91. The Labute approximate surface area is 179 Å². The average molecular weight is 408 g/mol. The van der Waals surface area contributed by atoms with Crippen LogP contribution in [0.1, 0.15) is 17.5 Å². The number of ether oxygens (including phenoxy) is 1. The lowest BCUT2D eigenvalue weighted by Crippen LogP contribution is -3.16. The van der Waals surface area contributed by atoms with Gasteiger partial charge in [0.25, 0.3) is 5.91 Å². The number of carbonyl (C=O) groups excluding carboxylic acids is 1. The van der Waals surface area contributed by atoms with Gasteiger partial charge >= 0.3 is 0 Å². The number of nitrogens with one attached hydrogen (secondary N) is 1. The Kier molecular flexibility index (Phi) is 7.31. The van der Waals surface area contributed by atoms with Gasteiger partial charge in [-0.2, -0.15) is 5.26 Å². The third-order valence-corrected chi connectivity index (χ3v) is 5.91. The van der Waals surface area contributed by atoms with Gasteiger partial charge in [-0.1, -0.05) is 24.3 Å². The van der Waals surface area contributed by atoms with Crippen LogP contribution in [0.4, 0.5) is 11.4 Å². The second kappa shape index (κ2) is 10.1. The lowest BCUT2D eigenvalue weighted by Gasteiger charge is -2.35. The number of quaternary nitrogens is 1. The second-order valence-electron chi connectivity index (χ2n) is 7.76. The molecule has 2 aromatic carbocycles. The molecule has 1 amide bonds. The minimum absolute atomic E-state index is 0.0323. The minimum atomic E-state index is 0.0323. The van der Waals surface area contributed by atoms with E-state index in [-0.39, 0.29) is 5.91 Å². The van der Waals surface area contributed by atoms with E-state index in [0.29, 0.717) is 25.3 Å². The summed E-state index contributed by atoms with van der Waals surface area (Å²) in [6, 6.07) is 16.1. The Morgan fingerprint density at radius 2 is 1.90 bits per heavy atom. The van der Waals surface area contributed by atoms with Gasteiger partial charge in [0.1, 0.15) is 5.75 Å². The van der Waals surface area contributed by atoms with E-state index in [1.165, 1.54) is 21.7 Å². The molecular formula is C24H31N4O2+. The van der Waals surface area contributed by atoms with Crippen LogP contribution in [0.2, 0.25) is 0 Å². The highest BCUT2D eigenvalue weighted by atomic mass is 16.5.